The Morgan fingerprint density at radius 2 is 2.27 bits per heavy atom. The lowest BCUT2D eigenvalue weighted by molar-refractivity contribution is 0.634. The van der Waals surface area contributed by atoms with E-state index in [1.54, 1.807) is 0 Å². The summed E-state index contributed by atoms with van der Waals surface area (Å²) in [5, 5.41) is 0. The van der Waals surface area contributed by atoms with Crippen molar-refractivity contribution in [2.24, 2.45) is 11.8 Å². The molecule has 0 aromatic rings. The minimum absolute atomic E-state index is 0.439. The van der Waals surface area contributed by atoms with Crippen LogP contribution in [0.2, 0.25) is 0 Å². The summed E-state index contributed by atoms with van der Waals surface area (Å²) in [6.45, 7) is 2.22. The van der Waals surface area contributed by atoms with Crippen LogP contribution in [0.5, 0.6) is 0 Å². The highest BCUT2D eigenvalue weighted by Gasteiger charge is 2.34. The maximum atomic E-state index is 5.54. The van der Waals surface area contributed by atoms with Crippen molar-refractivity contribution in [3.63, 3.8) is 0 Å². The van der Waals surface area contributed by atoms with Crippen molar-refractivity contribution in [2.45, 2.75) is 32.6 Å². The van der Waals surface area contributed by atoms with Gasteiger partial charge in [-0.3, -0.25) is 0 Å². The van der Waals surface area contributed by atoms with Gasteiger partial charge >= 0.3 is 0 Å². The molecule has 0 bridgehead atoms. The van der Waals surface area contributed by atoms with Crippen LogP contribution in [-0.4, -0.2) is 0 Å². The van der Waals surface area contributed by atoms with Crippen LogP contribution in [0.1, 0.15) is 32.6 Å². The molecule has 1 rings (SSSR count). The standard InChI is InChI=1S/C9H14Cl2/c1-2-3-4-7-5-8(7)6-9(10)11/h6-8H,2-5H2,1H3/t7-,8+/m0/s1. The van der Waals surface area contributed by atoms with Crippen LogP contribution < -0.4 is 0 Å². The van der Waals surface area contributed by atoms with Gasteiger partial charge in [-0.25, -0.2) is 0 Å². The maximum absolute atomic E-state index is 5.54. The summed E-state index contributed by atoms with van der Waals surface area (Å²) >= 11 is 11.1. The third-order valence-electron chi connectivity index (χ3n) is 2.25. The molecule has 2 atom stereocenters. The molecule has 0 saturated heterocycles. The van der Waals surface area contributed by atoms with Crippen LogP contribution in [0, 0.1) is 11.8 Å². The lowest BCUT2D eigenvalue weighted by Crippen LogP contribution is -1.79. The van der Waals surface area contributed by atoms with E-state index in [2.05, 4.69) is 6.92 Å². The van der Waals surface area contributed by atoms with Crippen LogP contribution in [0.4, 0.5) is 0 Å². The van der Waals surface area contributed by atoms with E-state index >= 15 is 0 Å². The Bertz CT molecular complexity index is 148. The summed E-state index contributed by atoms with van der Waals surface area (Å²) in [7, 11) is 0. The molecule has 64 valence electrons. The SMILES string of the molecule is CCCC[C@H]1C[C@@H]1C=C(Cl)Cl. The highest BCUT2D eigenvalue weighted by Crippen LogP contribution is 2.44. The van der Waals surface area contributed by atoms with E-state index in [4.69, 9.17) is 23.2 Å². The lowest BCUT2D eigenvalue weighted by atomic mass is 10.1. The first-order valence-corrected chi connectivity index (χ1v) is 5.02. The monoisotopic (exact) mass is 192 g/mol. The normalized spacial score (nSPS) is 28.3. The number of unbranched alkanes of at least 4 members (excludes halogenated alkanes) is 1. The smallest absolute Gasteiger partial charge is 0.0712 e. The summed E-state index contributed by atoms with van der Waals surface area (Å²) in [6.07, 6.45) is 7.25. The van der Waals surface area contributed by atoms with Crippen LogP contribution in [0.15, 0.2) is 10.6 Å². The van der Waals surface area contributed by atoms with Gasteiger partial charge in [0.05, 0.1) is 0 Å². The first kappa shape index (κ1) is 9.41. The summed E-state index contributed by atoms with van der Waals surface area (Å²) < 4.78 is 0.439. The molecule has 1 saturated carbocycles. The largest absolute Gasteiger partial charge is 0.103 e. The van der Waals surface area contributed by atoms with E-state index in [0.717, 1.165) is 5.92 Å². The zero-order chi connectivity index (χ0) is 8.27. The van der Waals surface area contributed by atoms with Gasteiger partial charge in [-0.05, 0) is 24.7 Å². The maximum Gasteiger partial charge on any atom is 0.103 e. The quantitative estimate of drug-likeness (QED) is 0.629. The molecular formula is C9H14Cl2. The second-order valence-corrected chi connectivity index (χ2v) is 4.27. The molecule has 0 amide bonds. The molecule has 0 nitrogen and oxygen atoms in total. The molecule has 0 N–H and O–H groups in total. The minimum atomic E-state index is 0.439. The van der Waals surface area contributed by atoms with Crippen LogP contribution in [-0.2, 0) is 0 Å². The van der Waals surface area contributed by atoms with Crippen molar-refractivity contribution in [1.82, 2.24) is 0 Å². The molecule has 0 aliphatic heterocycles. The fraction of sp³-hybridized carbons (Fsp3) is 0.778. The Balaban J connectivity index is 2.11. The predicted molar refractivity (Wildman–Crippen MR) is 50.9 cm³/mol. The highest BCUT2D eigenvalue weighted by molar-refractivity contribution is 6.55. The molecule has 0 aromatic carbocycles. The molecule has 0 unspecified atom stereocenters. The number of hydrogen-bond acceptors (Lipinski definition) is 0. The average molecular weight is 193 g/mol. The predicted octanol–water partition coefficient (Wildman–Crippen LogP) is 4.13. The van der Waals surface area contributed by atoms with Gasteiger partial charge in [0, 0.05) is 0 Å². The third-order valence-corrected chi connectivity index (χ3v) is 2.50. The number of halogens is 2. The number of allylic oxidation sites excluding steroid dienone is 1. The van der Waals surface area contributed by atoms with E-state index < -0.39 is 0 Å². The fourth-order valence-electron chi connectivity index (χ4n) is 1.44. The Morgan fingerprint density at radius 3 is 2.82 bits per heavy atom. The molecule has 0 aromatic heterocycles. The first-order valence-electron chi connectivity index (χ1n) is 4.27. The van der Waals surface area contributed by atoms with Gasteiger partial charge in [0.25, 0.3) is 0 Å². The van der Waals surface area contributed by atoms with Gasteiger partial charge in [0.2, 0.25) is 0 Å². The van der Waals surface area contributed by atoms with E-state index in [9.17, 15) is 0 Å². The second-order valence-electron chi connectivity index (χ2n) is 3.26. The van der Waals surface area contributed by atoms with Crippen LogP contribution >= 0.6 is 23.2 Å². The summed E-state index contributed by atoms with van der Waals surface area (Å²) in [6, 6.07) is 0. The lowest BCUT2D eigenvalue weighted by Gasteiger charge is -1.93. The van der Waals surface area contributed by atoms with Crippen molar-refractivity contribution >= 4 is 23.2 Å². The van der Waals surface area contributed by atoms with E-state index in [1.165, 1.54) is 25.7 Å². The van der Waals surface area contributed by atoms with Crippen molar-refractivity contribution < 1.29 is 0 Å². The minimum Gasteiger partial charge on any atom is -0.0712 e. The number of hydrogen-bond donors (Lipinski definition) is 0. The fourth-order valence-corrected chi connectivity index (χ4v) is 1.76. The topological polar surface area (TPSA) is 0 Å². The first-order chi connectivity index (χ1) is 5.24. The molecule has 1 aliphatic carbocycles. The van der Waals surface area contributed by atoms with Gasteiger partial charge in [-0.1, -0.05) is 49.0 Å². The van der Waals surface area contributed by atoms with Crippen LogP contribution in [0.25, 0.3) is 0 Å². The zero-order valence-electron chi connectivity index (χ0n) is 6.82. The number of rotatable bonds is 4. The van der Waals surface area contributed by atoms with Gasteiger partial charge in [-0.15, -0.1) is 0 Å². The molecule has 0 radical (unpaired) electrons. The van der Waals surface area contributed by atoms with E-state index in [1.807, 2.05) is 6.08 Å². The Labute approximate surface area is 78.6 Å². The second kappa shape index (κ2) is 4.37. The Morgan fingerprint density at radius 1 is 1.55 bits per heavy atom. The summed E-state index contributed by atoms with van der Waals surface area (Å²) in [5.41, 5.74) is 0. The van der Waals surface area contributed by atoms with Crippen molar-refractivity contribution in [2.75, 3.05) is 0 Å². The summed E-state index contributed by atoms with van der Waals surface area (Å²) in [4.78, 5) is 0. The van der Waals surface area contributed by atoms with Gasteiger partial charge in [-0.2, -0.15) is 0 Å². The molecule has 1 aliphatic rings. The molecule has 1 fully saturated rings. The molecule has 2 heteroatoms. The van der Waals surface area contributed by atoms with Gasteiger partial charge < -0.3 is 0 Å². The average Bonchev–Trinajstić information content (AvgIpc) is 2.62. The molecule has 0 spiro atoms. The molecular weight excluding hydrogens is 179 g/mol. The van der Waals surface area contributed by atoms with Crippen molar-refractivity contribution in [3.05, 3.63) is 10.6 Å². The van der Waals surface area contributed by atoms with Gasteiger partial charge in [0.1, 0.15) is 4.49 Å². The van der Waals surface area contributed by atoms with Crippen LogP contribution in [0.3, 0.4) is 0 Å². The van der Waals surface area contributed by atoms with Crippen molar-refractivity contribution in [1.29, 1.82) is 0 Å². The van der Waals surface area contributed by atoms with E-state index in [-0.39, 0.29) is 0 Å². The van der Waals surface area contributed by atoms with Crippen molar-refractivity contribution in [3.8, 4) is 0 Å². The third kappa shape index (κ3) is 3.48. The highest BCUT2D eigenvalue weighted by atomic mass is 35.5. The molecule has 11 heavy (non-hydrogen) atoms. The van der Waals surface area contributed by atoms with E-state index in [0.29, 0.717) is 10.4 Å². The Kier molecular flexibility index (Phi) is 3.74. The van der Waals surface area contributed by atoms with Gasteiger partial charge in [0.15, 0.2) is 0 Å². The molecule has 0 heterocycles. The summed E-state index contributed by atoms with van der Waals surface area (Å²) in [5.74, 6) is 1.56. The Hall–Kier alpha value is 0.320. The zero-order valence-corrected chi connectivity index (χ0v) is 8.33.